The Kier molecular flexibility index (Phi) is 5.71. The van der Waals surface area contributed by atoms with Crippen molar-refractivity contribution in [1.29, 1.82) is 5.26 Å². The summed E-state index contributed by atoms with van der Waals surface area (Å²) < 4.78 is 26.6. The topological polar surface area (TPSA) is 93.5 Å². The summed E-state index contributed by atoms with van der Waals surface area (Å²) >= 11 is 0. The van der Waals surface area contributed by atoms with E-state index < -0.39 is 10.0 Å². The molecule has 1 N–H and O–H groups in total. The minimum absolute atomic E-state index is 0.185. The second-order valence-corrected chi connectivity index (χ2v) is 7.40. The van der Waals surface area contributed by atoms with Crippen LogP contribution in [-0.2, 0) is 21.4 Å². The van der Waals surface area contributed by atoms with Gasteiger partial charge in [0.1, 0.15) is 6.42 Å². The minimum atomic E-state index is -3.47. The van der Waals surface area contributed by atoms with Crippen molar-refractivity contribution in [1.82, 2.24) is 14.5 Å². The number of hydrogen-bond acceptors (Lipinski definition) is 5. The molecule has 8 heteroatoms. The van der Waals surface area contributed by atoms with Gasteiger partial charge < -0.3 is 10.2 Å². The van der Waals surface area contributed by atoms with E-state index in [1.807, 2.05) is 7.05 Å². The summed E-state index contributed by atoms with van der Waals surface area (Å²) in [5.74, 6) is -0.346. The van der Waals surface area contributed by atoms with Gasteiger partial charge in [-0.1, -0.05) is 12.1 Å². The van der Waals surface area contributed by atoms with E-state index in [4.69, 9.17) is 5.26 Å². The molecular weight excluding hydrogens is 316 g/mol. The average molecular weight is 336 g/mol. The van der Waals surface area contributed by atoms with Crippen molar-refractivity contribution in [2.45, 2.75) is 17.9 Å². The fourth-order valence-electron chi connectivity index (χ4n) is 2.29. The Morgan fingerprint density at radius 3 is 2.39 bits per heavy atom. The van der Waals surface area contributed by atoms with Crippen LogP contribution >= 0.6 is 0 Å². The fraction of sp³-hybridized carbons (Fsp3) is 0.467. The SMILES string of the molecule is CN1CCN(S(=O)(=O)c2ccc(CNC(=O)CC#N)cc2)CC1. The van der Waals surface area contributed by atoms with E-state index in [1.54, 1.807) is 30.3 Å². The van der Waals surface area contributed by atoms with Gasteiger partial charge in [-0.05, 0) is 24.7 Å². The number of hydrogen-bond donors (Lipinski definition) is 1. The van der Waals surface area contributed by atoms with E-state index >= 15 is 0 Å². The number of nitrogens with one attached hydrogen (secondary N) is 1. The van der Waals surface area contributed by atoms with Crippen molar-refractivity contribution in [2.75, 3.05) is 33.2 Å². The quantitative estimate of drug-likeness (QED) is 0.826. The number of piperazine rings is 1. The van der Waals surface area contributed by atoms with Crippen molar-refractivity contribution in [3.63, 3.8) is 0 Å². The predicted molar refractivity (Wildman–Crippen MR) is 84.8 cm³/mol. The molecule has 0 atom stereocenters. The van der Waals surface area contributed by atoms with E-state index in [2.05, 4.69) is 10.2 Å². The van der Waals surface area contributed by atoms with Crippen molar-refractivity contribution in [2.24, 2.45) is 0 Å². The maximum absolute atomic E-state index is 12.6. The number of nitrogens with zero attached hydrogens (tertiary/aromatic N) is 3. The largest absolute Gasteiger partial charge is 0.351 e. The zero-order valence-electron chi connectivity index (χ0n) is 13.0. The molecule has 1 aromatic rings. The summed E-state index contributed by atoms with van der Waals surface area (Å²) in [7, 11) is -1.49. The molecule has 0 spiro atoms. The van der Waals surface area contributed by atoms with Gasteiger partial charge in [-0.25, -0.2) is 8.42 Å². The molecule has 0 saturated carbocycles. The summed E-state index contributed by atoms with van der Waals surface area (Å²) in [6, 6.07) is 8.23. The summed E-state index contributed by atoms with van der Waals surface area (Å²) in [5.41, 5.74) is 0.786. The van der Waals surface area contributed by atoms with Crippen LogP contribution in [-0.4, -0.2) is 56.8 Å². The Labute approximate surface area is 136 Å². The highest BCUT2D eigenvalue weighted by Crippen LogP contribution is 2.18. The van der Waals surface area contributed by atoms with Gasteiger partial charge in [0.25, 0.3) is 0 Å². The van der Waals surface area contributed by atoms with Crippen LogP contribution in [0.3, 0.4) is 0 Å². The summed E-state index contributed by atoms with van der Waals surface area (Å²) in [6.07, 6.45) is -0.185. The first-order valence-corrected chi connectivity index (χ1v) is 8.79. The number of carbonyl (C=O) groups excluding carboxylic acids is 1. The van der Waals surface area contributed by atoms with Gasteiger partial charge in [0.2, 0.25) is 15.9 Å². The third-order valence-corrected chi connectivity index (χ3v) is 5.67. The normalized spacial score (nSPS) is 16.7. The van der Waals surface area contributed by atoms with Gasteiger partial charge >= 0.3 is 0 Å². The summed E-state index contributed by atoms with van der Waals surface area (Å²) in [4.78, 5) is 13.6. The second kappa shape index (κ2) is 7.55. The summed E-state index contributed by atoms with van der Waals surface area (Å²) in [5, 5.41) is 11.0. The highest BCUT2D eigenvalue weighted by Gasteiger charge is 2.27. The van der Waals surface area contributed by atoms with E-state index in [0.717, 1.165) is 18.7 Å². The third kappa shape index (κ3) is 4.51. The lowest BCUT2D eigenvalue weighted by Crippen LogP contribution is -2.47. The molecule has 0 bridgehead atoms. The molecule has 1 heterocycles. The molecule has 0 unspecified atom stereocenters. The Balaban J connectivity index is 2.01. The standard InChI is InChI=1S/C15H20N4O3S/c1-18-8-10-19(11-9-18)23(21,22)14-4-2-13(3-5-14)12-17-15(20)6-7-16/h2-5H,6,8-12H2,1H3,(H,17,20). The minimum Gasteiger partial charge on any atom is -0.351 e. The lowest BCUT2D eigenvalue weighted by Gasteiger charge is -2.31. The van der Waals surface area contributed by atoms with Gasteiger partial charge in [0.05, 0.1) is 11.0 Å². The Morgan fingerprint density at radius 2 is 1.83 bits per heavy atom. The fourth-order valence-corrected chi connectivity index (χ4v) is 3.71. The first kappa shape index (κ1) is 17.4. The highest BCUT2D eigenvalue weighted by molar-refractivity contribution is 7.89. The molecule has 1 aliphatic rings. The van der Waals surface area contributed by atoms with Crippen molar-refractivity contribution in [3.05, 3.63) is 29.8 Å². The third-order valence-electron chi connectivity index (χ3n) is 3.75. The van der Waals surface area contributed by atoms with Crippen molar-refractivity contribution >= 4 is 15.9 Å². The van der Waals surface area contributed by atoms with Crippen LogP contribution < -0.4 is 5.32 Å². The smallest absolute Gasteiger partial charge is 0.243 e. The van der Waals surface area contributed by atoms with Gasteiger partial charge in [0, 0.05) is 32.7 Å². The van der Waals surface area contributed by atoms with E-state index in [9.17, 15) is 13.2 Å². The lowest BCUT2D eigenvalue weighted by molar-refractivity contribution is -0.120. The zero-order valence-corrected chi connectivity index (χ0v) is 13.8. The maximum Gasteiger partial charge on any atom is 0.243 e. The number of nitriles is 1. The van der Waals surface area contributed by atoms with Crippen LogP contribution in [0.5, 0.6) is 0 Å². The lowest BCUT2D eigenvalue weighted by atomic mass is 10.2. The van der Waals surface area contributed by atoms with Crippen molar-refractivity contribution in [3.8, 4) is 6.07 Å². The molecule has 1 amide bonds. The Hall–Kier alpha value is -1.95. The number of amides is 1. The molecule has 1 aromatic carbocycles. The molecule has 124 valence electrons. The monoisotopic (exact) mass is 336 g/mol. The predicted octanol–water partition coefficient (Wildman–Crippen LogP) is 0.153. The molecular formula is C15H20N4O3S. The van der Waals surface area contributed by atoms with Crippen LogP contribution in [0.1, 0.15) is 12.0 Å². The molecule has 1 saturated heterocycles. The molecule has 0 radical (unpaired) electrons. The number of sulfonamides is 1. The zero-order chi connectivity index (χ0) is 16.9. The van der Waals surface area contributed by atoms with Crippen LogP contribution in [0.15, 0.2) is 29.2 Å². The molecule has 7 nitrogen and oxygen atoms in total. The first-order chi connectivity index (χ1) is 10.9. The number of benzene rings is 1. The Morgan fingerprint density at radius 1 is 1.22 bits per heavy atom. The molecule has 0 aromatic heterocycles. The molecule has 0 aliphatic carbocycles. The molecule has 23 heavy (non-hydrogen) atoms. The molecule has 1 fully saturated rings. The van der Waals surface area contributed by atoms with Crippen LogP contribution in [0.2, 0.25) is 0 Å². The number of likely N-dealkylation sites (N-methyl/N-ethyl adjacent to an activating group) is 1. The average Bonchev–Trinajstić information content (AvgIpc) is 2.54. The van der Waals surface area contributed by atoms with Gasteiger partial charge in [0.15, 0.2) is 0 Å². The van der Waals surface area contributed by atoms with Crippen LogP contribution in [0.4, 0.5) is 0 Å². The summed E-state index contributed by atoms with van der Waals surface area (Å²) in [6.45, 7) is 2.70. The van der Waals surface area contributed by atoms with E-state index in [0.29, 0.717) is 13.1 Å². The van der Waals surface area contributed by atoms with Gasteiger partial charge in [-0.2, -0.15) is 9.57 Å². The number of rotatable bonds is 5. The maximum atomic E-state index is 12.6. The number of carbonyl (C=O) groups is 1. The van der Waals surface area contributed by atoms with Crippen LogP contribution in [0, 0.1) is 11.3 Å². The highest BCUT2D eigenvalue weighted by atomic mass is 32.2. The van der Waals surface area contributed by atoms with E-state index in [-0.39, 0.29) is 23.8 Å². The van der Waals surface area contributed by atoms with Crippen molar-refractivity contribution < 1.29 is 13.2 Å². The van der Waals surface area contributed by atoms with Gasteiger partial charge in [-0.3, -0.25) is 4.79 Å². The second-order valence-electron chi connectivity index (χ2n) is 5.46. The first-order valence-electron chi connectivity index (χ1n) is 7.35. The van der Waals surface area contributed by atoms with Crippen LogP contribution in [0.25, 0.3) is 0 Å². The Bertz CT molecular complexity index is 686. The molecule has 1 aliphatic heterocycles. The van der Waals surface area contributed by atoms with Gasteiger partial charge in [-0.15, -0.1) is 0 Å². The van der Waals surface area contributed by atoms with E-state index in [1.165, 1.54) is 4.31 Å². The molecule has 2 rings (SSSR count).